The molecule has 0 saturated carbocycles. The highest BCUT2D eigenvalue weighted by atomic mass is 16.4. The van der Waals surface area contributed by atoms with Crippen molar-refractivity contribution in [3.05, 3.63) is 0 Å². The van der Waals surface area contributed by atoms with Crippen LogP contribution in [0.5, 0.6) is 0 Å². The average Bonchev–Trinajstić information content (AvgIpc) is 2.26. The van der Waals surface area contributed by atoms with Gasteiger partial charge >= 0.3 is 12.1 Å². The number of carboxylic acids is 1. The van der Waals surface area contributed by atoms with Gasteiger partial charge in [-0.15, -0.1) is 0 Å². The summed E-state index contributed by atoms with van der Waals surface area (Å²) in [7, 11) is 0. The fourth-order valence-electron chi connectivity index (χ4n) is 1.47. The van der Waals surface area contributed by atoms with Gasteiger partial charge in [0.2, 0.25) is 0 Å². The lowest BCUT2D eigenvalue weighted by Crippen LogP contribution is -2.43. The Bertz CT molecular complexity index is 249. The molecule has 1 saturated heterocycles. The molecule has 0 radical (unpaired) electrons. The van der Waals surface area contributed by atoms with Crippen molar-refractivity contribution < 1.29 is 24.6 Å². The lowest BCUT2D eigenvalue weighted by atomic mass is 10.1. The summed E-state index contributed by atoms with van der Waals surface area (Å²) in [6.07, 6.45) is -0.968. The molecule has 0 unspecified atom stereocenters. The van der Waals surface area contributed by atoms with Gasteiger partial charge in [-0.1, -0.05) is 0 Å². The minimum Gasteiger partial charge on any atom is -0.480 e. The van der Waals surface area contributed by atoms with E-state index in [2.05, 4.69) is 0 Å². The Morgan fingerprint density at radius 2 is 1.93 bits per heavy atom. The number of ketones is 1. The van der Waals surface area contributed by atoms with Crippen LogP contribution < -0.4 is 0 Å². The molecule has 14 heavy (non-hydrogen) atoms. The Kier molecular flexibility index (Phi) is 3.06. The van der Waals surface area contributed by atoms with Gasteiger partial charge in [0.1, 0.15) is 11.8 Å². The smallest absolute Gasteiger partial charge is 0.408 e. The number of Topliss-reactive ketones (excluding diaryl/α,β-unsaturated/α-hetero) is 1. The summed E-state index contributed by atoms with van der Waals surface area (Å²) >= 11 is 0. The van der Waals surface area contributed by atoms with Crippen LogP contribution in [0.1, 0.15) is 19.3 Å². The zero-order valence-electron chi connectivity index (χ0n) is 7.47. The van der Waals surface area contributed by atoms with Crippen molar-refractivity contribution in [2.45, 2.75) is 25.3 Å². The molecular weight excluding hydrogens is 190 g/mol. The first-order valence-corrected chi connectivity index (χ1v) is 4.26. The Balaban J connectivity index is 2.81. The number of amides is 1. The summed E-state index contributed by atoms with van der Waals surface area (Å²) in [5, 5.41) is 17.5. The van der Waals surface area contributed by atoms with Crippen LogP contribution in [0, 0.1) is 0 Å². The quantitative estimate of drug-likeness (QED) is 0.630. The summed E-state index contributed by atoms with van der Waals surface area (Å²) < 4.78 is 0. The van der Waals surface area contributed by atoms with Crippen molar-refractivity contribution in [1.29, 1.82) is 0 Å². The van der Waals surface area contributed by atoms with E-state index in [-0.39, 0.29) is 31.6 Å². The van der Waals surface area contributed by atoms with E-state index in [1.165, 1.54) is 0 Å². The highest BCUT2D eigenvalue weighted by molar-refractivity contribution is 5.84. The van der Waals surface area contributed by atoms with E-state index in [1.54, 1.807) is 0 Å². The van der Waals surface area contributed by atoms with Crippen molar-refractivity contribution in [3.63, 3.8) is 0 Å². The summed E-state index contributed by atoms with van der Waals surface area (Å²) in [6.45, 7) is -0.0227. The maximum Gasteiger partial charge on any atom is 0.408 e. The molecule has 0 aromatic rings. The van der Waals surface area contributed by atoms with Gasteiger partial charge in [0.25, 0.3) is 0 Å². The van der Waals surface area contributed by atoms with Crippen molar-refractivity contribution in [1.82, 2.24) is 4.90 Å². The number of likely N-dealkylation sites (tertiary alicyclic amines) is 1. The number of carbonyl (C=O) groups is 3. The van der Waals surface area contributed by atoms with Crippen molar-refractivity contribution in [2.24, 2.45) is 0 Å². The molecule has 78 valence electrons. The molecule has 0 aliphatic carbocycles. The maximum atomic E-state index is 11.0. The molecule has 0 aromatic heterocycles. The van der Waals surface area contributed by atoms with Crippen LogP contribution in [-0.2, 0) is 9.59 Å². The van der Waals surface area contributed by atoms with Crippen LogP contribution in [0.15, 0.2) is 0 Å². The molecule has 0 aromatic carbocycles. The molecule has 1 amide bonds. The van der Waals surface area contributed by atoms with Gasteiger partial charge in [0.05, 0.1) is 0 Å². The maximum absolute atomic E-state index is 11.0. The number of aliphatic carboxylic acids is 1. The monoisotopic (exact) mass is 201 g/mol. The van der Waals surface area contributed by atoms with E-state index < -0.39 is 18.1 Å². The first kappa shape index (κ1) is 10.5. The second-order valence-corrected chi connectivity index (χ2v) is 3.16. The second kappa shape index (κ2) is 4.08. The van der Waals surface area contributed by atoms with E-state index in [9.17, 15) is 14.4 Å². The number of rotatable bonds is 1. The molecular formula is C8H11NO5. The Labute approximate surface area is 80.1 Å². The van der Waals surface area contributed by atoms with Crippen LogP contribution in [0.3, 0.4) is 0 Å². The number of hydrogen-bond donors (Lipinski definition) is 2. The second-order valence-electron chi connectivity index (χ2n) is 3.16. The number of hydrogen-bond acceptors (Lipinski definition) is 3. The number of carboxylic acid groups (broad SMARTS) is 2. The molecule has 1 atom stereocenters. The zero-order valence-corrected chi connectivity index (χ0v) is 7.47. The summed E-state index contributed by atoms with van der Waals surface area (Å²) in [5.41, 5.74) is 0. The van der Waals surface area contributed by atoms with Gasteiger partial charge in [0, 0.05) is 19.4 Å². The fourth-order valence-corrected chi connectivity index (χ4v) is 1.47. The van der Waals surface area contributed by atoms with E-state index in [0.29, 0.717) is 0 Å². The van der Waals surface area contributed by atoms with Crippen LogP contribution >= 0.6 is 0 Å². The van der Waals surface area contributed by atoms with Crippen molar-refractivity contribution >= 4 is 17.8 Å². The molecule has 0 spiro atoms. The van der Waals surface area contributed by atoms with Crippen molar-refractivity contribution in [2.75, 3.05) is 6.54 Å². The molecule has 1 rings (SSSR count). The van der Waals surface area contributed by atoms with Gasteiger partial charge in [0.15, 0.2) is 0 Å². The van der Waals surface area contributed by atoms with Gasteiger partial charge in [-0.05, 0) is 6.42 Å². The lowest BCUT2D eigenvalue weighted by Gasteiger charge is -2.22. The predicted molar refractivity (Wildman–Crippen MR) is 45.0 cm³/mol. The zero-order chi connectivity index (χ0) is 10.7. The molecule has 1 heterocycles. The van der Waals surface area contributed by atoms with Gasteiger partial charge < -0.3 is 10.2 Å². The van der Waals surface area contributed by atoms with Crippen LogP contribution in [-0.4, -0.2) is 45.5 Å². The molecule has 6 nitrogen and oxygen atoms in total. The van der Waals surface area contributed by atoms with Crippen molar-refractivity contribution in [3.8, 4) is 0 Å². The Morgan fingerprint density at radius 1 is 1.29 bits per heavy atom. The Morgan fingerprint density at radius 3 is 2.43 bits per heavy atom. The highest BCUT2D eigenvalue weighted by Crippen LogP contribution is 2.14. The largest absolute Gasteiger partial charge is 0.480 e. The summed E-state index contributed by atoms with van der Waals surface area (Å²) in [6, 6.07) is -1.08. The summed E-state index contributed by atoms with van der Waals surface area (Å²) in [5.74, 6) is -1.28. The van der Waals surface area contributed by atoms with Crippen LogP contribution in [0.25, 0.3) is 0 Å². The van der Waals surface area contributed by atoms with E-state index in [0.717, 1.165) is 4.90 Å². The number of carbonyl (C=O) groups excluding carboxylic acids is 1. The first-order chi connectivity index (χ1) is 6.52. The third kappa shape index (κ3) is 2.21. The normalized spacial score (nSPS) is 23.0. The van der Waals surface area contributed by atoms with Crippen LogP contribution in [0.4, 0.5) is 4.79 Å². The van der Waals surface area contributed by atoms with Crippen LogP contribution in [0.2, 0.25) is 0 Å². The average molecular weight is 201 g/mol. The number of nitrogens with zero attached hydrogens (tertiary/aromatic N) is 1. The fraction of sp³-hybridized carbons (Fsp3) is 0.625. The summed E-state index contributed by atoms with van der Waals surface area (Å²) in [4.78, 5) is 33.2. The highest BCUT2D eigenvalue weighted by Gasteiger charge is 2.32. The van der Waals surface area contributed by atoms with E-state index in [1.807, 2.05) is 0 Å². The lowest BCUT2D eigenvalue weighted by molar-refractivity contribution is -0.142. The molecule has 0 bridgehead atoms. The topological polar surface area (TPSA) is 94.9 Å². The third-order valence-corrected chi connectivity index (χ3v) is 2.24. The van der Waals surface area contributed by atoms with E-state index >= 15 is 0 Å². The molecule has 6 heteroatoms. The standard InChI is InChI=1S/C8H11NO5/c10-5-1-2-6(7(11)12)9(4-3-5)8(13)14/h6H,1-4H2,(H,11,12)(H,13,14)/t6-/m0/s1. The van der Waals surface area contributed by atoms with E-state index in [4.69, 9.17) is 10.2 Å². The minimum absolute atomic E-state index is 0.0227. The van der Waals surface area contributed by atoms with Gasteiger partial charge in [-0.25, -0.2) is 9.59 Å². The molecule has 1 aliphatic rings. The predicted octanol–water partition coefficient (Wildman–Crippen LogP) is 0.173. The molecule has 1 aliphatic heterocycles. The van der Waals surface area contributed by atoms with Gasteiger partial charge in [-0.3, -0.25) is 9.69 Å². The van der Waals surface area contributed by atoms with Gasteiger partial charge in [-0.2, -0.15) is 0 Å². The minimum atomic E-state index is -1.29. The first-order valence-electron chi connectivity index (χ1n) is 4.26. The third-order valence-electron chi connectivity index (χ3n) is 2.24. The molecule has 1 fully saturated rings. The Hall–Kier alpha value is -1.59. The molecule has 2 N–H and O–H groups in total. The SMILES string of the molecule is O=C1CC[C@@H](C(=O)O)N(C(=O)O)CC1.